The molecule has 24 heavy (non-hydrogen) atoms. The number of aromatic nitrogens is 3. The van der Waals surface area contributed by atoms with Crippen LogP contribution in [0.1, 0.15) is 46.6 Å². The maximum absolute atomic E-state index is 12.4. The Kier molecular flexibility index (Phi) is 3.57. The van der Waals surface area contributed by atoms with E-state index in [-0.39, 0.29) is 12.0 Å². The second-order valence-corrected chi connectivity index (χ2v) is 6.01. The Morgan fingerprint density at radius 3 is 2.96 bits per heavy atom. The molecule has 0 bridgehead atoms. The maximum Gasteiger partial charge on any atom is 0.261 e. The first-order valence-electron chi connectivity index (χ1n) is 7.97. The minimum atomic E-state index is -0.232. The molecule has 1 unspecified atom stereocenters. The molecule has 7 nitrogen and oxygen atoms in total. The first kappa shape index (κ1) is 14.9. The van der Waals surface area contributed by atoms with E-state index < -0.39 is 0 Å². The van der Waals surface area contributed by atoms with Crippen molar-refractivity contribution in [1.29, 1.82) is 0 Å². The van der Waals surface area contributed by atoms with Gasteiger partial charge in [-0.05, 0) is 44.9 Å². The highest BCUT2D eigenvalue weighted by atomic mass is 16.5. The number of aromatic amines is 1. The van der Waals surface area contributed by atoms with Crippen molar-refractivity contribution in [2.75, 3.05) is 11.9 Å². The van der Waals surface area contributed by atoms with E-state index in [1.165, 1.54) is 0 Å². The number of nitrogens with one attached hydrogen (secondary N) is 2. The number of ether oxygens (including phenoxy) is 1. The lowest BCUT2D eigenvalue weighted by Crippen LogP contribution is -2.13. The lowest BCUT2D eigenvalue weighted by molar-refractivity contribution is 0.102. The van der Waals surface area contributed by atoms with Crippen LogP contribution in [-0.2, 0) is 4.74 Å². The average Bonchev–Trinajstić information content (AvgIpc) is 3.26. The Balaban J connectivity index is 1.59. The molecule has 1 aromatic carbocycles. The van der Waals surface area contributed by atoms with Crippen molar-refractivity contribution in [3.63, 3.8) is 0 Å². The van der Waals surface area contributed by atoms with E-state index in [9.17, 15) is 4.79 Å². The minimum Gasteiger partial charge on any atom is -0.370 e. The normalized spacial score (nSPS) is 17.5. The number of imidazole rings is 1. The van der Waals surface area contributed by atoms with Crippen LogP contribution in [0.2, 0.25) is 0 Å². The van der Waals surface area contributed by atoms with E-state index in [1.54, 1.807) is 13.8 Å². The molecule has 3 aromatic rings. The van der Waals surface area contributed by atoms with Crippen LogP contribution in [0.25, 0.3) is 11.0 Å². The number of carbonyl (C=O) groups excluding carboxylic acids is 1. The highest BCUT2D eigenvalue weighted by Crippen LogP contribution is 2.28. The Bertz CT molecular complexity index is 886. The SMILES string of the molecule is Cc1noc(C)c1C(=O)Nc1ccc2nc(C3CCCO3)[nH]c2c1. The van der Waals surface area contributed by atoms with Crippen LogP contribution in [0.5, 0.6) is 0 Å². The monoisotopic (exact) mass is 326 g/mol. The zero-order valence-corrected chi connectivity index (χ0v) is 13.5. The summed E-state index contributed by atoms with van der Waals surface area (Å²) in [4.78, 5) is 20.3. The molecule has 124 valence electrons. The van der Waals surface area contributed by atoms with Gasteiger partial charge in [0.1, 0.15) is 23.3 Å². The van der Waals surface area contributed by atoms with Crippen molar-refractivity contribution in [2.45, 2.75) is 32.8 Å². The number of amides is 1. The molecule has 0 spiro atoms. The fourth-order valence-electron chi connectivity index (χ4n) is 3.05. The molecule has 1 atom stereocenters. The van der Waals surface area contributed by atoms with E-state index in [0.29, 0.717) is 22.7 Å². The number of hydrogen-bond acceptors (Lipinski definition) is 5. The topological polar surface area (TPSA) is 93.0 Å². The molecule has 4 rings (SSSR count). The van der Waals surface area contributed by atoms with Crippen molar-refractivity contribution in [3.05, 3.63) is 41.0 Å². The number of carbonyl (C=O) groups is 1. The van der Waals surface area contributed by atoms with Gasteiger partial charge < -0.3 is 19.6 Å². The molecule has 0 aliphatic carbocycles. The summed E-state index contributed by atoms with van der Waals surface area (Å²) in [6.45, 7) is 4.25. The summed E-state index contributed by atoms with van der Waals surface area (Å²) in [7, 11) is 0. The van der Waals surface area contributed by atoms with Crippen LogP contribution in [0, 0.1) is 13.8 Å². The summed E-state index contributed by atoms with van der Waals surface area (Å²) in [5.74, 6) is 1.12. The van der Waals surface area contributed by atoms with Crippen molar-refractivity contribution in [3.8, 4) is 0 Å². The van der Waals surface area contributed by atoms with Gasteiger partial charge in [0.25, 0.3) is 5.91 Å². The maximum atomic E-state index is 12.4. The average molecular weight is 326 g/mol. The Hall–Kier alpha value is -2.67. The molecule has 1 aliphatic rings. The van der Waals surface area contributed by atoms with E-state index in [0.717, 1.165) is 36.3 Å². The summed E-state index contributed by atoms with van der Waals surface area (Å²) in [5.41, 5.74) is 3.47. The van der Waals surface area contributed by atoms with Gasteiger partial charge in [0.05, 0.1) is 16.7 Å². The van der Waals surface area contributed by atoms with Gasteiger partial charge >= 0.3 is 0 Å². The Morgan fingerprint density at radius 2 is 2.25 bits per heavy atom. The number of nitrogens with zero attached hydrogens (tertiary/aromatic N) is 2. The molecule has 0 saturated carbocycles. The summed E-state index contributed by atoms with van der Waals surface area (Å²) in [6.07, 6.45) is 2.08. The number of fused-ring (bicyclic) bond motifs is 1. The summed E-state index contributed by atoms with van der Waals surface area (Å²) in [6, 6.07) is 5.59. The molecule has 2 aromatic heterocycles. The fourth-order valence-corrected chi connectivity index (χ4v) is 3.05. The van der Waals surface area contributed by atoms with Crippen molar-refractivity contribution in [1.82, 2.24) is 15.1 Å². The van der Waals surface area contributed by atoms with Crippen LogP contribution in [0.3, 0.4) is 0 Å². The first-order valence-corrected chi connectivity index (χ1v) is 7.97. The first-order chi connectivity index (χ1) is 11.6. The number of hydrogen-bond donors (Lipinski definition) is 2. The largest absolute Gasteiger partial charge is 0.370 e. The van der Waals surface area contributed by atoms with E-state index >= 15 is 0 Å². The predicted molar refractivity (Wildman–Crippen MR) is 88.0 cm³/mol. The number of H-pyrrole nitrogens is 1. The predicted octanol–water partition coefficient (Wildman–Crippen LogP) is 3.27. The van der Waals surface area contributed by atoms with Gasteiger partial charge in [0.2, 0.25) is 0 Å². The van der Waals surface area contributed by atoms with Crippen LogP contribution >= 0.6 is 0 Å². The van der Waals surface area contributed by atoms with Gasteiger partial charge in [-0.2, -0.15) is 0 Å². The van der Waals surface area contributed by atoms with Crippen LogP contribution in [0.4, 0.5) is 5.69 Å². The molecule has 2 N–H and O–H groups in total. The van der Waals surface area contributed by atoms with Crippen LogP contribution in [0.15, 0.2) is 22.7 Å². The molecule has 3 heterocycles. The second-order valence-electron chi connectivity index (χ2n) is 6.01. The quantitative estimate of drug-likeness (QED) is 0.770. The Morgan fingerprint density at radius 1 is 1.38 bits per heavy atom. The highest BCUT2D eigenvalue weighted by Gasteiger charge is 2.21. The Labute approximate surface area is 138 Å². The molecule has 1 amide bonds. The molecule has 1 saturated heterocycles. The minimum absolute atomic E-state index is 0.0396. The number of rotatable bonds is 3. The smallest absolute Gasteiger partial charge is 0.261 e. The summed E-state index contributed by atoms with van der Waals surface area (Å²) >= 11 is 0. The number of aryl methyl sites for hydroxylation is 2. The molecule has 0 radical (unpaired) electrons. The highest BCUT2D eigenvalue weighted by molar-refractivity contribution is 6.06. The fraction of sp³-hybridized carbons (Fsp3) is 0.353. The van der Waals surface area contributed by atoms with Gasteiger partial charge in [0.15, 0.2) is 0 Å². The lowest BCUT2D eigenvalue weighted by atomic mass is 10.2. The van der Waals surface area contributed by atoms with Crippen molar-refractivity contribution in [2.24, 2.45) is 0 Å². The lowest BCUT2D eigenvalue weighted by Gasteiger charge is -2.04. The third-order valence-electron chi connectivity index (χ3n) is 4.25. The number of anilines is 1. The van der Waals surface area contributed by atoms with E-state index in [1.807, 2.05) is 18.2 Å². The van der Waals surface area contributed by atoms with Gasteiger partial charge in [-0.3, -0.25) is 4.79 Å². The standard InChI is InChI=1S/C17H18N4O3/c1-9-15(10(2)24-21-9)17(22)18-11-5-6-12-13(8-11)20-16(19-12)14-4-3-7-23-14/h5-6,8,14H,3-4,7H2,1-2H3,(H,18,22)(H,19,20). The van der Waals surface area contributed by atoms with Crippen LogP contribution < -0.4 is 5.32 Å². The molecular weight excluding hydrogens is 308 g/mol. The molecular formula is C17H18N4O3. The molecule has 1 aliphatic heterocycles. The molecule has 1 fully saturated rings. The molecule has 7 heteroatoms. The summed E-state index contributed by atoms with van der Waals surface area (Å²) < 4.78 is 10.7. The van der Waals surface area contributed by atoms with Crippen LogP contribution in [-0.4, -0.2) is 27.6 Å². The van der Waals surface area contributed by atoms with Crippen molar-refractivity contribution < 1.29 is 14.1 Å². The van der Waals surface area contributed by atoms with Gasteiger partial charge in [-0.25, -0.2) is 4.98 Å². The summed E-state index contributed by atoms with van der Waals surface area (Å²) in [5, 5.41) is 6.69. The number of benzene rings is 1. The van der Waals surface area contributed by atoms with Crippen molar-refractivity contribution >= 4 is 22.6 Å². The van der Waals surface area contributed by atoms with E-state index in [4.69, 9.17) is 9.26 Å². The van der Waals surface area contributed by atoms with Gasteiger partial charge in [-0.15, -0.1) is 0 Å². The third kappa shape index (κ3) is 2.56. The zero-order chi connectivity index (χ0) is 16.7. The second kappa shape index (κ2) is 5.76. The van der Waals surface area contributed by atoms with E-state index in [2.05, 4.69) is 20.4 Å². The zero-order valence-electron chi connectivity index (χ0n) is 13.5. The van der Waals surface area contributed by atoms with Gasteiger partial charge in [-0.1, -0.05) is 5.16 Å². The third-order valence-corrected chi connectivity index (χ3v) is 4.25. The van der Waals surface area contributed by atoms with Gasteiger partial charge in [0, 0.05) is 12.3 Å².